The summed E-state index contributed by atoms with van der Waals surface area (Å²) >= 11 is 0. The highest BCUT2D eigenvalue weighted by atomic mass is 16.5. The van der Waals surface area contributed by atoms with E-state index in [2.05, 4.69) is 0 Å². The molecule has 1 aromatic rings. The van der Waals surface area contributed by atoms with Gasteiger partial charge in [-0.3, -0.25) is 14.5 Å². The average molecular weight is 332 g/mol. The molecule has 0 aromatic heterocycles. The quantitative estimate of drug-likeness (QED) is 0.755. The van der Waals surface area contributed by atoms with Gasteiger partial charge in [-0.05, 0) is 24.9 Å². The minimum Gasteiger partial charge on any atom is -0.460 e. The second kappa shape index (κ2) is 8.26. The van der Waals surface area contributed by atoms with Gasteiger partial charge >= 0.3 is 5.97 Å². The van der Waals surface area contributed by atoms with Crippen LogP contribution in [-0.4, -0.2) is 67.1 Å². The predicted octanol–water partition coefficient (Wildman–Crippen LogP) is 1.05. The summed E-state index contributed by atoms with van der Waals surface area (Å²) in [6.07, 6.45) is 1.67. The first kappa shape index (κ1) is 16.9. The normalized spacial score (nSPS) is 21.7. The zero-order chi connectivity index (χ0) is 16.8. The molecule has 2 saturated heterocycles. The molecule has 0 aliphatic carbocycles. The van der Waals surface area contributed by atoms with Crippen molar-refractivity contribution in [2.45, 2.75) is 25.5 Å². The van der Waals surface area contributed by atoms with Crippen LogP contribution in [0.15, 0.2) is 30.3 Å². The summed E-state index contributed by atoms with van der Waals surface area (Å²) < 4.78 is 10.7. The van der Waals surface area contributed by atoms with Crippen molar-refractivity contribution in [3.63, 3.8) is 0 Å². The van der Waals surface area contributed by atoms with Crippen molar-refractivity contribution in [2.24, 2.45) is 0 Å². The summed E-state index contributed by atoms with van der Waals surface area (Å²) in [7, 11) is 0. The lowest BCUT2D eigenvalue weighted by molar-refractivity contribution is -0.151. The van der Waals surface area contributed by atoms with Crippen LogP contribution in [-0.2, 0) is 25.7 Å². The molecule has 2 fully saturated rings. The van der Waals surface area contributed by atoms with E-state index in [1.165, 1.54) is 0 Å². The number of carbonyl (C=O) groups is 2. The number of likely N-dealkylation sites (tertiary alicyclic amines) is 1. The number of rotatable bonds is 5. The highest BCUT2D eigenvalue weighted by Gasteiger charge is 2.34. The number of esters is 1. The maximum absolute atomic E-state index is 12.4. The number of amides is 1. The first-order valence-electron chi connectivity index (χ1n) is 8.54. The number of benzene rings is 1. The Morgan fingerprint density at radius 1 is 1.12 bits per heavy atom. The molecular weight excluding hydrogens is 308 g/mol. The van der Waals surface area contributed by atoms with Gasteiger partial charge in [-0.25, -0.2) is 0 Å². The molecule has 3 rings (SSSR count). The maximum Gasteiger partial charge on any atom is 0.323 e. The molecule has 0 saturated carbocycles. The van der Waals surface area contributed by atoms with Gasteiger partial charge in [0, 0.05) is 13.1 Å². The number of hydrogen-bond donors (Lipinski definition) is 0. The van der Waals surface area contributed by atoms with Gasteiger partial charge in [0.05, 0.1) is 19.8 Å². The van der Waals surface area contributed by atoms with Crippen molar-refractivity contribution in [2.75, 3.05) is 39.4 Å². The largest absolute Gasteiger partial charge is 0.460 e. The average Bonchev–Trinajstić information content (AvgIpc) is 3.09. The van der Waals surface area contributed by atoms with Crippen LogP contribution in [0.25, 0.3) is 0 Å². The smallest absolute Gasteiger partial charge is 0.323 e. The first-order chi connectivity index (χ1) is 11.7. The lowest BCUT2D eigenvalue weighted by Crippen LogP contribution is -2.48. The molecule has 6 heteroatoms. The number of hydrogen-bond acceptors (Lipinski definition) is 5. The molecule has 130 valence electrons. The van der Waals surface area contributed by atoms with Crippen LogP contribution in [0.3, 0.4) is 0 Å². The summed E-state index contributed by atoms with van der Waals surface area (Å²) in [5.41, 5.74) is 0.972. The van der Waals surface area contributed by atoms with Crippen LogP contribution < -0.4 is 0 Å². The van der Waals surface area contributed by atoms with Gasteiger partial charge in [-0.1, -0.05) is 30.3 Å². The molecule has 2 aliphatic rings. The molecule has 6 nitrogen and oxygen atoms in total. The summed E-state index contributed by atoms with van der Waals surface area (Å²) in [5.74, 6) is -0.160. The monoisotopic (exact) mass is 332 g/mol. The fraction of sp³-hybridized carbons (Fsp3) is 0.556. The van der Waals surface area contributed by atoms with Crippen molar-refractivity contribution in [1.82, 2.24) is 9.80 Å². The topological polar surface area (TPSA) is 59.1 Å². The van der Waals surface area contributed by atoms with E-state index in [1.54, 1.807) is 0 Å². The van der Waals surface area contributed by atoms with Crippen molar-refractivity contribution in [3.8, 4) is 0 Å². The highest BCUT2D eigenvalue weighted by Crippen LogP contribution is 2.19. The molecule has 0 bridgehead atoms. The molecule has 1 amide bonds. The predicted molar refractivity (Wildman–Crippen MR) is 88.2 cm³/mol. The Kier molecular flexibility index (Phi) is 5.82. The highest BCUT2D eigenvalue weighted by molar-refractivity contribution is 5.81. The number of ether oxygens (including phenoxy) is 2. The third-order valence-corrected chi connectivity index (χ3v) is 4.56. The summed E-state index contributed by atoms with van der Waals surface area (Å²) in [5, 5.41) is 0. The first-order valence-corrected chi connectivity index (χ1v) is 8.54. The Labute approximate surface area is 142 Å². The maximum atomic E-state index is 12.4. The Bertz CT molecular complexity index is 557. The molecule has 0 N–H and O–H groups in total. The van der Waals surface area contributed by atoms with Gasteiger partial charge in [0.15, 0.2) is 0 Å². The van der Waals surface area contributed by atoms with Crippen LogP contribution in [0.5, 0.6) is 0 Å². The fourth-order valence-electron chi connectivity index (χ4n) is 3.19. The fourth-order valence-corrected chi connectivity index (χ4v) is 3.19. The Morgan fingerprint density at radius 2 is 1.88 bits per heavy atom. The molecular formula is C18H24N2O4. The summed E-state index contributed by atoms with van der Waals surface area (Å²) in [6, 6.07) is 9.33. The SMILES string of the molecule is O=C(OCc1ccccc1)[C@H]1CCCN1CC(=O)N1CCOCC1. The molecule has 1 aromatic carbocycles. The van der Waals surface area contributed by atoms with Gasteiger partial charge < -0.3 is 14.4 Å². The van der Waals surface area contributed by atoms with E-state index in [4.69, 9.17) is 9.47 Å². The standard InChI is InChI=1S/C18H24N2O4/c21-17(19-9-11-23-12-10-19)13-20-8-4-7-16(20)18(22)24-14-15-5-2-1-3-6-15/h1-3,5-6,16H,4,7-14H2/t16-/m1/s1. The second-order valence-electron chi connectivity index (χ2n) is 6.21. The van der Waals surface area contributed by atoms with Crippen molar-refractivity contribution in [1.29, 1.82) is 0 Å². The van der Waals surface area contributed by atoms with E-state index in [-0.39, 0.29) is 31.1 Å². The van der Waals surface area contributed by atoms with Crippen molar-refractivity contribution in [3.05, 3.63) is 35.9 Å². The van der Waals surface area contributed by atoms with Gasteiger partial charge in [-0.2, -0.15) is 0 Å². The van der Waals surface area contributed by atoms with Gasteiger partial charge in [0.25, 0.3) is 0 Å². The zero-order valence-corrected chi connectivity index (χ0v) is 13.9. The van der Waals surface area contributed by atoms with Gasteiger partial charge in [-0.15, -0.1) is 0 Å². The molecule has 24 heavy (non-hydrogen) atoms. The minimum absolute atomic E-state index is 0.0704. The Hall–Kier alpha value is -1.92. The molecule has 1 atom stereocenters. The molecule has 0 radical (unpaired) electrons. The third-order valence-electron chi connectivity index (χ3n) is 4.56. The Balaban J connectivity index is 1.50. The van der Waals surface area contributed by atoms with Gasteiger partial charge in [0.2, 0.25) is 5.91 Å². The van der Waals surface area contributed by atoms with Crippen molar-refractivity contribution >= 4 is 11.9 Å². The third kappa shape index (κ3) is 4.33. The van der Waals surface area contributed by atoms with Crippen LogP contribution in [0, 0.1) is 0 Å². The van der Waals surface area contributed by atoms with Crippen LogP contribution in [0.2, 0.25) is 0 Å². The minimum atomic E-state index is -0.307. The summed E-state index contributed by atoms with van der Waals surface area (Å²) in [4.78, 5) is 28.5. The number of nitrogens with zero attached hydrogens (tertiary/aromatic N) is 2. The second-order valence-corrected chi connectivity index (χ2v) is 6.21. The van der Waals surface area contributed by atoms with Gasteiger partial charge in [0.1, 0.15) is 12.6 Å². The van der Waals surface area contributed by atoms with E-state index in [0.29, 0.717) is 26.3 Å². The molecule has 0 spiro atoms. The van der Waals surface area contributed by atoms with E-state index >= 15 is 0 Å². The van der Waals surface area contributed by atoms with E-state index in [1.807, 2.05) is 40.1 Å². The van der Waals surface area contributed by atoms with Crippen LogP contribution in [0.1, 0.15) is 18.4 Å². The zero-order valence-electron chi connectivity index (χ0n) is 13.9. The number of carbonyl (C=O) groups excluding carboxylic acids is 2. The number of morpholine rings is 1. The molecule has 2 aliphatic heterocycles. The lowest BCUT2D eigenvalue weighted by Gasteiger charge is -2.30. The summed E-state index contributed by atoms with van der Waals surface area (Å²) in [6.45, 7) is 3.78. The van der Waals surface area contributed by atoms with Crippen molar-refractivity contribution < 1.29 is 19.1 Å². The van der Waals surface area contributed by atoms with E-state index in [0.717, 1.165) is 24.9 Å². The van der Waals surface area contributed by atoms with Crippen LogP contribution in [0.4, 0.5) is 0 Å². The molecule has 0 unspecified atom stereocenters. The lowest BCUT2D eigenvalue weighted by atomic mass is 10.2. The van der Waals surface area contributed by atoms with E-state index in [9.17, 15) is 9.59 Å². The van der Waals surface area contributed by atoms with Crippen LogP contribution >= 0.6 is 0 Å². The Morgan fingerprint density at radius 3 is 2.62 bits per heavy atom. The van der Waals surface area contributed by atoms with E-state index < -0.39 is 0 Å². The molecule has 2 heterocycles.